The van der Waals surface area contributed by atoms with Gasteiger partial charge in [-0.05, 0) is 80.8 Å². The number of benzene rings is 2. The number of rotatable bonds is 11. The van der Waals surface area contributed by atoms with E-state index >= 15 is 0 Å². The van der Waals surface area contributed by atoms with Gasteiger partial charge in [-0.1, -0.05) is 25.1 Å². The van der Waals surface area contributed by atoms with E-state index in [4.69, 9.17) is 15.5 Å². The molecule has 0 bridgehead atoms. The third-order valence-electron chi connectivity index (χ3n) is 7.65. The number of aromatic nitrogens is 3. The first-order chi connectivity index (χ1) is 18.1. The van der Waals surface area contributed by atoms with E-state index in [0.717, 1.165) is 57.3 Å². The molecule has 2 aromatic carbocycles. The number of para-hydroxylation sites is 1. The van der Waals surface area contributed by atoms with Crippen molar-refractivity contribution >= 4 is 37.8 Å². The maximum absolute atomic E-state index is 13.4. The zero-order valence-electron chi connectivity index (χ0n) is 23.3. The van der Waals surface area contributed by atoms with Crippen molar-refractivity contribution in [3.05, 3.63) is 57.9 Å². The Morgan fingerprint density at radius 1 is 1.00 bits per heavy atom. The van der Waals surface area contributed by atoms with E-state index in [2.05, 4.69) is 28.1 Å². The molecule has 0 atom stereocenters. The average Bonchev–Trinajstić information content (AvgIpc) is 3.25. The van der Waals surface area contributed by atoms with Crippen LogP contribution < -0.4 is 10.5 Å². The summed E-state index contributed by atoms with van der Waals surface area (Å²) in [6, 6.07) is 7.92. The summed E-state index contributed by atoms with van der Waals surface area (Å²) in [6.45, 7) is 11.6. The molecule has 0 fully saturated rings. The number of fused-ring (bicyclic) bond motifs is 3. The number of aryl methyl sites for hydroxylation is 1. The molecule has 0 aliphatic rings. The lowest BCUT2D eigenvalue weighted by atomic mass is 9.93. The van der Waals surface area contributed by atoms with E-state index in [1.54, 1.807) is 7.11 Å². The summed E-state index contributed by atoms with van der Waals surface area (Å²) in [5, 5.41) is 1.00. The largest absolute Gasteiger partial charge is 0.384 e. The van der Waals surface area contributed by atoms with Gasteiger partial charge in [0.05, 0.1) is 22.5 Å². The minimum atomic E-state index is -3.63. The second-order valence-corrected chi connectivity index (χ2v) is 11.6. The van der Waals surface area contributed by atoms with E-state index in [0.29, 0.717) is 48.8 Å². The summed E-state index contributed by atoms with van der Waals surface area (Å²) in [5.74, 6) is 1.30. The minimum Gasteiger partial charge on any atom is -0.384 e. The Hall–Kier alpha value is -3.01. The molecule has 0 saturated heterocycles. The summed E-state index contributed by atoms with van der Waals surface area (Å²) < 4.78 is 37.1. The number of imidazole rings is 1. The van der Waals surface area contributed by atoms with Crippen molar-refractivity contribution in [1.29, 1.82) is 0 Å². The zero-order valence-corrected chi connectivity index (χ0v) is 24.1. The molecule has 8 nitrogen and oxygen atoms in total. The van der Waals surface area contributed by atoms with E-state index in [-0.39, 0.29) is 0 Å². The summed E-state index contributed by atoms with van der Waals surface area (Å²) in [7, 11) is -1.95. The lowest BCUT2D eigenvalue weighted by Crippen LogP contribution is -2.27. The van der Waals surface area contributed by atoms with E-state index in [1.807, 2.05) is 45.0 Å². The van der Waals surface area contributed by atoms with Crippen LogP contribution in [0.1, 0.15) is 53.4 Å². The van der Waals surface area contributed by atoms with Crippen LogP contribution in [0.3, 0.4) is 0 Å². The molecule has 4 aromatic rings. The van der Waals surface area contributed by atoms with Gasteiger partial charge in [0.2, 0.25) is 10.0 Å². The van der Waals surface area contributed by atoms with Gasteiger partial charge in [0.15, 0.2) is 5.82 Å². The Bertz CT molecular complexity index is 1590. The predicted octanol–water partition coefficient (Wildman–Crippen LogP) is 4.91. The number of nitrogens with two attached hydrogens (primary N) is 1. The highest BCUT2D eigenvalue weighted by Gasteiger charge is 2.24. The Balaban J connectivity index is 1.54. The zero-order chi connectivity index (χ0) is 27.6. The van der Waals surface area contributed by atoms with Gasteiger partial charge in [0.1, 0.15) is 11.3 Å². The minimum absolute atomic E-state index is 0.361. The van der Waals surface area contributed by atoms with Crippen LogP contribution in [0.15, 0.2) is 29.2 Å². The van der Waals surface area contributed by atoms with Gasteiger partial charge >= 0.3 is 0 Å². The van der Waals surface area contributed by atoms with Crippen LogP contribution in [0, 0.1) is 27.7 Å². The molecular formula is C29H39N5O3S. The predicted molar refractivity (Wildman–Crippen MR) is 154 cm³/mol. The summed E-state index contributed by atoms with van der Waals surface area (Å²) in [5.41, 5.74) is 13.8. The van der Waals surface area contributed by atoms with Gasteiger partial charge < -0.3 is 15.0 Å². The highest BCUT2D eigenvalue weighted by Crippen LogP contribution is 2.31. The second-order valence-electron chi connectivity index (χ2n) is 9.90. The number of unbranched alkanes of at least 4 members (excludes halogenated alkanes) is 1. The topological polar surface area (TPSA) is 112 Å². The van der Waals surface area contributed by atoms with Gasteiger partial charge in [-0.3, -0.25) is 0 Å². The van der Waals surface area contributed by atoms with Crippen LogP contribution in [0.25, 0.3) is 21.9 Å². The Labute approximate surface area is 225 Å². The lowest BCUT2D eigenvalue weighted by molar-refractivity contribution is 0.199. The van der Waals surface area contributed by atoms with Crippen LogP contribution in [0.2, 0.25) is 0 Å². The number of methoxy groups -OCH3 is 1. The molecule has 2 heterocycles. The molecule has 0 aliphatic carbocycles. The number of nitrogens with one attached hydrogen (secondary N) is 1. The number of nitrogen functional groups attached to an aromatic ring is 1. The van der Waals surface area contributed by atoms with Crippen molar-refractivity contribution in [2.75, 3.05) is 26.0 Å². The summed E-state index contributed by atoms with van der Waals surface area (Å²) >= 11 is 0. The highest BCUT2D eigenvalue weighted by molar-refractivity contribution is 7.89. The number of sulfonamides is 1. The second kappa shape index (κ2) is 11.4. The molecule has 38 heavy (non-hydrogen) atoms. The monoisotopic (exact) mass is 537 g/mol. The lowest BCUT2D eigenvalue weighted by Gasteiger charge is -2.20. The van der Waals surface area contributed by atoms with Gasteiger partial charge in [-0.25, -0.2) is 23.1 Å². The van der Waals surface area contributed by atoms with Crippen LogP contribution in [-0.4, -0.2) is 43.2 Å². The van der Waals surface area contributed by atoms with Crippen molar-refractivity contribution in [2.24, 2.45) is 0 Å². The molecule has 0 spiro atoms. The number of hydrogen-bond donors (Lipinski definition) is 2. The molecule has 2 aromatic heterocycles. The smallest absolute Gasteiger partial charge is 0.241 e. The molecule has 3 N–H and O–H groups in total. The fourth-order valence-electron chi connectivity index (χ4n) is 5.51. The SMILES string of the molecule is CCc1c(C)c(C)c(C)c(S(=O)(=O)NCCCCn2c(CCOC)nc3c(N)nc4ccccc4c32)c1C. The van der Waals surface area contributed by atoms with Gasteiger partial charge in [0, 0.05) is 32.0 Å². The maximum Gasteiger partial charge on any atom is 0.241 e. The van der Waals surface area contributed by atoms with Crippen molar-refractivity contribution in [3.63, 3.8) is 0 Å². The number of anilines is 1. The molecule has 204 valence electrons. The quantitative estimate of drug-likeness (QED) is 0.263. The van der Waals surface area contributed by atoms with Gasteiger partial charge in [-0.2, -0.15) is 0 Å². The van der Waals surface area contributed by atoms with Gasteiger partial charge in [-0.15, -0.1) is 0 Å². The summed E-state index contributed by atoms with van der Waals surface area (Å²) in [4.78, 5) is 9.77. The molecule has 0 unspecified atom stereocenters. The van der Waals surface area contributed by atoms with Gasteiger partial charge in [0.25, 0.3) is 0 Å². The normalized spacial score (nSPS) is 12.2. The number of pyridine rings is 1. The Morgan fingerprint density at radius 3 is 2.45 bits per heavy atom. The maximum atomic E-state index is 13.4. The molecule has 0 radical (unpaired) electrons. The number of nitrogens with zero attached hydrogens (tertiary/aromatic N) is 3. The molecular weight excluding hydrogens is 498 g/mol. The fraction of sp³-hybridized carbons (Fsp3) is 0.448. The molecule has 9 heteroatoms. The third-order valence-corrected chi connectivity index (χ3v) is 9.39. The first kappa shape index (κ1) is 28.0. The third kappa shape index (κ3) is 5.15. The van der Waals surface area contributed by atoms with Crippen molar-refractivity contribution < 1.29 is 13.2 Å². The van der Waals surface area contributed by atoms with Crippen molar-refractivity contribution in [1.82, 2.24) is 19.3 Å². The first-order valence-corrected chi connectivity index (χ1v) is 14.7. The Morgan fingerprint density at radius 2 is 1.74 bits per heavy atom. The van der Waals surface area contributed by atoms with Crippen molar-refractivity contribution in [2.45, 2.75) is 71.7 Å². The van der Waals surface area contributed by atoms with E-state index in [9.17, 15) is 8.42 Å². The molecule has 0 aliphatic heterocycles. The van der Waals surface area contributed by atoms with Crippen molar-refractivity contribution in [3.8, 4) is 0 Å². The van der Waals surface area contributed by atoms with Crippen LogP contribution in [0.4, 0.5) is 5.82 Å². The van der Waals surface area contributed by atoms with Crippen LogP contribution in [-0.2, 0) is 34.1 Å². The average molecular weight is 538 g/mol. The summed E-state index contributed by atoms with van der Waals surface area (Å²) in [6.07, 6.45) is 2.91. The Kier molecular flexibility index (Phi) is 8.40. The number of hydrogen-bond acceptors (Lipinski definition) is 6. The van der Waals surface area contributed by atoms with Crippen LogP contribution in [0.5, 0.6) is 0 Å². The molecule has 0 saturated carbocycles. The number of ether oxygens (including phenoxy) is 1. The van der Waals surface area contributed by atoms with E-state index in [1.165, 1.54) is 5.56 Å². The highest BCUT2D eigenvalue weighted by atomic mass is 32.2. The van der Waals surface area contributed by atoms with E-state index < -0.39 is 10.0 Å². The standard InChI is InChI=1S/C29H39N5O3S/c1-7-22-19(3)18(2)20(4)28(21(22)5)38(35,36)31-15-10-11-16-34-25(14-17-37-6)33-26-27(34)23-12-8-9-13-24(23)32-29(26)30/h8-9,12-13,31H,7,10-11,14-17H2,1-6H3,(H2,30,32). The molecule has 0 amide bonds. The van der Waals surface area contributed by atoms with Crippen LogP contribution >= 0.6 is 0 Å². The fourth-order valence-corrected chi connectivity index (χ4v) is 7.15. The first-order valence-electron chi connectivity index (χ1n) is 13.2. The molecule has 4 rings (SSSR count).